The second kappa shape index (κ2) is 16.2. The van der Waals surface area contributed by atoms with E-state index in [-0.39, 0.29) is 105 Å². The van der Waals surface area contributed by atoms with Gasteiger partial charge in [0.05, 0.1) is 36.1 Å². The van der Waals surface area contributed by atoms with E-state index < -0.39 is 63.4 Å². The third-order valence-corrected chi connectivity index (χ3v) is 9.45. The van der Waals surface area contributed by atoms with E-state index in [1.807, 2.05) is 0 Å². The summed E-state index contributed by atoms with van der Waals surface area (Å²) in [6, 6.07) is -0.232. The first-order valence-electron chi connectivity index (χ1n) is 13.0. The van der Waals surface area contributed by atoms with Crippen molar-refractivity contribution in [2.75, 3.05) is 17.2 Å². The predicted octanol–water partition coefficient (Wildman–Crippen LogP) is -10.3. The zero-order valence-electron chi connectivity index (χ0n) is 25.9. The Bertz CT molecular complexity index is 1910. The average molecular weight is 754 g/mol. The van der Waals surface area contributed by atoms with Gasteiger partial charge < -0.3 is 46.0 Å². The van der Waals surface area contributed by atoms with Gasteiger partial charge in [0.1, 0.15) is 11.4 Å². The summed E-state index contributed by atoms with van der Waals surface area (Å²) in [7, 11) is 0. The normalized spacial score (nSPS) is 17.3. The number of hydrogen-bond acceptors (Lipinski definition) is 20. The number of rotatable bonds is 12. The Hall–Kier alpha value is -3.23. The number of nitrogens with two attached hydrogens (primary N) is 1. The third-order valence-electron chi connectivity index (χ3n) is 6.53. The SMILES string of the molecule is CC(C)(O/N=C(\C(=O)N[C@@H]1C(=O)N2C(C(=O)[O-])=C(CSc3nnnn3Cc3cc(=O)c(O)cn3O)CS[C@@H]12)c1nsc(N)n1)C(=O)[O-].[Na+].[Na+]. The molecule has 5 heterocycles. The fraction of sp³-hybridized carbons (Fsp3) is 0.348. The number of nitrogens with one attached hydrogen (secondary N) is 1. The minimum atomic E-state index is -1.95. The molecule has 2 aliphatic rings. The van der Waals surface area contributed by atoms with Crippen molar-refractivity contribution >= 4 is 69.7 Å². The van der Waals surface area contributed by atoms with Crippen LogP contribution in [0.25, 0.3) is 0 Å². The number of carbonyl (C=O) groups is 4. The molecule has 0 bridgehead atoms. The van der Waals surface area contributed by atoms with Crippen LogP contribution in [0.4, 0.5) is 5.13 Å². The molecule has 1 saturated heterocycles. The van der Waals surface area contributed by atoms with E-state index in [1.54, 1.807) is 0 Å². The standard InChI is InChI=1S/C23H23N11O10S3.2Na/c1-23(2,20(41)42)44-28-12(15-26-21(24)47-29-15)16(37)25-13-17(38)34-14(19(39)40)8(6-45-18(13)34)7-46-22-27-30-31-32(22)4-9-3-10(35)11(36)5-33(9)43;;/h3,5,13,18,36,43H,4,6-7H2,1-2H3,(H,25,37)(H,39,40)(H,41,42)(H2,24,26,29);;/q;2*+1/p-2/b28-12-;;/t13-,18+;;/m1../s1. The number of nitrogens with zero attached hydrogens (tertiary/aromatic N) is 9. The number of hydrogen-bond donors (Lipinski definition) is 4. The number of carbonyl (C=O) groups excluding carboxylic acids is 4. The summed E-state index contributed by atoms with van der Waals surface area (Å²) in [5.74, 6) is -5.95. The minimum absolute atomic E-state index is 0. The maximum absolute atomic E-state index is 13.2. The van der Waals surface area contributed by atoms with E-state index in [2.05, 4.69) is 35.4 Å². The smallest absolute Gasteiger partial charge is 0.546 e. The van der Waals surface area contributed by atoms with Crippen molar-refractivity contribution in [2.45, 2.75) is 42.6 Å². The molecule has 0 aliphatic carbocycles. The largest absolute Gasteiger partial charge is 1.00 e. The van der Waals surface area contributed by atoms with Crippen LogP contribution in [0.2, 0.25) is 0 Å². The van der Waals surface area contributed by atoms with Crippen LogP contribution in [0.3, 0.4) is 0 Å². The van der Waals surface area contributed by atoms with Crippen LogP contribution in [-0.2, 0) is 30.6 Å². The molecule has 0 spiro atoms. The molecule has 3 aromatic heterocycles. The van der Waals surface area contributed by atoms with E-state index in [9.17, 15) is 44.5 Å². The number of amides is 2. The second-order valence-corrected chi connectivity index (χ2v) is 13.0. The maximum atomic E-state index is 13.2. The number of tetrazole rings is 1. The van der Waals surface area contributed by atoms with Crippen LogP contribution >= 0.6 is 35.1 Å². The summed E-state index contributed by atoms with van der Waals surface area (Å²) < 4.78 is 5.64. The molecule has 5 rings (SSSR count). The van der Waals surface area contributed by atoms with Crippen molar-refractivity contribution in [3.63, 3.8) is 0 Å². The number of carboxylic acids is 2. The van der Waals surface area contributed by atoms with Crippen molar-refractivity contribution in [1.29, 1.82) is 0 Å². The van der Waals surface area contributed by atoms with Crippen molar-refractivity contribution in [1.82, 2.24) is 44.5 Å². The summed E-state index contributed by atoms with van der Waals surface area (Å²) in [4.78, 5) is 71.5. The zero-order valence-corrected chi connectivity index (χ0v) is 32.4. The molecule has 2 aliphatic heterocycles. The molecule has 49 heavy (non-hydrogen) atoms. The summed E-state index contributed by atoms with van der Waals surface area (Å²) in [6.45, 7) is 2.08. The third kappa shape index (κ3) is 8.57. The number of thioether (sulfide) groups is 2. The Morgan fingerprint density at radius 2 is 1.98 bits per heavy atom. The Morgan fingerprint density at radius 1 is 1.27 bits per heavy atom. The number of carboxylic acid groups (broad SMARTS) is 2. The van der Waals surface area contributed by atoms with Crippen LogP contribution < -0.4 is 85.8 Å². The number of pyridine rings is 1. The molecule has 21 nitrogen and oxygen atoms in total. The first-order valence-corrected chi connectivity index (χ1v) is 15.8. The number of aromatic nitrogens is 7. The minimum Gasteiger partial charge on any atom is -0.546 e. The Balaban J connectivity index is 0.00000325. The van der Waals surface area contributed by atoms with Crippen LogP contribution in [0.5, 0.6) is 5.75 Å². The number of fused-ring (bicyclic) bond motifs is 1. The molecule has 5 N–H and O–H groups in total. The van der Waals surface area contributed by atoms with E-state index >= 15 is 0 Å². The number of aliphatic carboxylic acids is 2. The van der Waals surface area contributed by atoms with Crippen LogP contribution in [-0.4, -0.2) is 107 Å². The topological polar surface area (TPSA) is 309 Å². The number of aromatic hydroxyl groups is 1. The summed E-state index contributed by atoms with van der Waals surface area (Å²) in [5, 5.41) is 59.6. The summed E-state index contributed by atoms with van der Waals surface area (Å²) in [5.41, 5.74) is 2.26. The molecule has 0 aromatic carbocycles. The second-order valence-electron chi connectivity index (χ2n) is 10.2. The van der Waals surface area contributed by atoms with Gasteiger partial charge in [-0.2, -0.15) is 14.1 Å². The van der Waals surface area contributed by atoms with E-state index in [0.29, 0.717) is 4.73 Å². The van der Waals surface area contributed by atoms with Gasteiger partial charge in [0.25, 0.3) is 11.8 Å². The van der Waals surface area contributed by atoms with Crippen LogP contribution in [0.1, 0.15) is 25.4 Å². The molecule has 2 amide bonds. The molecule has 248 valence electrons. The first kappa shape index (κ1) is 40.2. The molecule has 0 unspecified atom stereocenters. The molecule has 1 fully saturated rings. The van der Waals surface area contributed by atoms with Gasteiger partial charge >= 0.3 is 59.1 Å². The zero-order chi connectivity index (χ0) is 34.2. The fourth-order valence-corrected chi connectivity index (χ4v) is 6.88. The van der Waals surface area contributed by atoms with Crippen molar-refractivity contribution in [3.05, 3.63) is 45.3 Å². The Kier molecular flexibility index (Phi) is 13.3. The van der Waals surface area contributed by atoms with Crippen molar-refractivity contribution in [3.8, 4) is 5.75 Å². The molecule has 2 atom stereocenters. The van der Waals surface area contributed by atoms with Gasteiger partial charge in [-0.1, -0.05) is 16.9 Å². The quantitative estimate of drug-likeness (QED) is 0.0333. The van der Waals surface area contributed by atoms with E-state index in [4.69, 9.17) is 10.6 Å². The van der Waals surface area contributed by atoms with Gasteiger partial charge in [0, 0.05) is 29.1 Å². The van der Waals surface area contributed by atoms with Crippen molar-refractivity contribution in [2.24, 2.45) is 5.16 Å². The van der Waals surface area contributed by atoms with Crippen LogP contribution in [0, 0.1) is 0 Å². The predicted molar refractivity (Wildman–Crippen MR) is 155 cm³/mol. The number of β-lactam (4-membered cyclic amide) rings is 1. The number of anilines is 1. The summed E-state index contributed by atoms with van der Waals surface area (Å²) >= 11 is 2.87. The van der Waals surface area contributed by atoms with Gasteiger partial charge in [-0.3, -0.25) is 19.3 Å². The average Bonchev–Trinajstić information content (AvgIpc) is 3.65. The molecular weight excluding hydrogens is 733 g/mol. The van der Waals surface area contributed by atoms with Gasteiger partial charge in [0.2, 0.25) is 22.1 Å². The van der Waals surface area contributed by atoms with E-state index in [1.165, 1.54) is 4.68 Å². The van der Waals surface area contributed by atoms with Crippen molar-refractivity contribution < 1.29 is 104 Å². The first-order chi connectivity index (χ1) is 22.2. The van der Waals surface area contributed by atoms with Gasteiger partial charge in [0.15, 0.2) is 16.5 Å². The number of oxime groups is 1. The van der Waals surface area contributed by atoms with Gasteiger partial charge in [-0.15, -0.1) is 16.9 Å². The molecular formula is C23H21N11Na2O10S3. The van der Waals surface area contributed by atoms with Gasteiger partial charge in [-0.05, 0) is 29.8 Å². The summed E-state index contributed by atoms with van der Waals surface area (Å²) in [6.07, 6.45) is 0.812. The fourth-order valence-electron chi connectivity index (χ4n) is 4.08. The van der Waals surface area contributed by atoms with Crippen LogP contribution in [0.15, 0.2) is 38.6 Å². The molecule has 0 radical (unpaired) electrons. The molecule has 0 saturated carbocycles. The molecule has 3 aromatic rings. The van der Waals surface area contributed by atoms with Gasteiger partial charge in [-0.25, -0.2) is 4.68 Å². The van der Waals surface area contributed by atoms with E-state index in [0.717, 1.165) is 66.1 Å². The molecule has 26 heteroatoms. The maximum Gasteiger partial charge on any atom is 1.00 e. The number of nitrogen functional groups attached to an aromatic ring is 1. The monoisotopic (exact) mass is 753 g/mol. The Morgan fingerprint density at radius 3 is 2.61 bits per heavy atom. The Labute approximate surface area is 331 Å².